The number of rotatable bonds is 3. The molecule has 0 radical (unpaired) electrons. The van der Waals surface area contributed by atoms with Crippen LogP contribution in [0, 0.1) is 0 Å². The molecular formula is C22H17N5. The lowest BCUT2D eigenvalue weighted by Gasteiger charge is -2.10. The second-order valence-electron chi connectivity index (χ2n) is 6.57. The summed E-state index contributed by atoms with van der Waals surface area (Å²) in [5.74, 6) is 0. The van der Waals surface area contributed by atoms with Crippen LogP contribution in [-0.2, 0) is 0 Å². The van der Waals surface area contributed by atoms with Crippen molar-refractivity contribution >= 4 is 16.7 Å². The first kappa shape index (κ1) is 15.6. The van der Waals surface area contributed by atoms with Crippen LogP contribution in [-0.4, -0.2) is 20.7 Å². The van der Waals surface area contributed by atoms with E-state index in [1.54, 1.807) is 18.6 Å². The van der Waals surface area contributed by atoms with E-state index in [1.807, 2.05) is 18.3 Å². The maximum Gasteiger partial charge on any atom is 0.0890 e. The van der Waals surface area contributed by atoms with Crippen molar-refractivity contribution in [2.45, 2.75) is 12.5 Å². The number of nitrogens with zero attached hydrogens (tertiary/aromatic N) is 4. The molecule has 0 spiro atoms. The molecule has 5 nitrogen and oxygen atoms in total. The Morgan fingerprint density at radius 2 is 1.59 bits per heavy atom. The molecule has 130 valence electrons. The van der Waals surface area contributed by atoms with Crippen LogP contribution in [0.3, 0.4) is 0 Å². The third kappa shape index (κ3) is 3.04. The highest BCUT2D eigenvalue weighted by atomic mass is 15.3. The van der Waals surface area contributed by atoms with Gasteiger partial charge in [-0.25, -0.2) is 0 Å². The van der Waals surface area contributed by atoms with E-state index in [-0.39, 0.29) is 6.04 Å². The van der Waals surface area contributed by atoms with Crippen LogP contribution in [0.2, 0.25) is 0 Å². The predicted molar refractivity (Wildman–Crippen MR) is 106 cm³/mol. The molecule has 2 aromatic carbocycles. The number of hydrazone groups is 1. The van der Waals surface area contributed by atoms with E-state index in [0.29, 0.717) is 0 Å². The van der Waals surface area contributed by atoms with Gasteiger partial charge in [0.25, 0.3) is 0 Å². The van der Waals surface area contributed by atoms with Crippen LogP contribution in [0.25, 0.3) is 22.2 Å². The first-order valence-corrected chi connectivity index (χ1v) is 8.90. The first-order chi connectivity index (χ1) is 13.4. The Kier molecular flexibility index (Phi) is 3.83. The quantitative estimate of drug-likeness (QED) is 0.603. The highest BCUT2D eigenvalue weighted by Crippen LogP contribution is 2.27. The summed E-state index contributed by atoms with van der Waals surface area (Å²) in [5.41, 5.74) is 10.7. The average molecular weight is 351 g/mol. The Bertz CT molecular complexity index is 1120. The van der Waals surface area contributed by atoms with E-state index in [4.69, 9.17) is 0 Å². The van der Waals surface area contributed by atoms with E-state index in [2.05, 4.69) is 67.9 Å². The van der Waals surface area contributed by atoms with Crippen molar-refractivity contribution in [2.24, 2.45) is 5.10 Å². The average Bonchev–Trinajstić information content (AvgIpc) is 3.24. The van der Waals surface area contributed by atoms with Gasteiger partial charge in [-0.3, -0.25) is 15.0 Å². The van der Waals surface area contributed by atoms with Gasteiger partial charge in [0.2, 0.25) is 0 Å². The molecule has 1 aliphatic rings. The largest absolute Gasteiger partial charge is 0.302 e. The maximum atomic E-state index is 4.56. The minimum Gasteiger partial charge on any atom is -0.302 e. The third-order valence-corrected chi connectivity index (χ3v) is 4.86. The molecule has 1 N–H and O–H groups in total. The minimum absolute atomic E-state index is 0.157. The van der Waals surface area contributed by atoms with Crippen molar-refractivity contribution in [3.05, 3.63) is 90.5 Å². The highest BCUT2D eigenvalue weighted by Gasteiger charge is 2.21. The van der Waals surface area contributed by atoms with E-state index in [9.17, 15) is 0 Å². The molecule has 0 aliphatic carbocycles. The van der Waals surface area contributed by atoms with Gasteiger partial charge in [0, 0.05) is 31.2 Å². The summed E-state index contributed by atoms with van der Waals surface area (Å²) in [4.78, 5) is 12.9. The van der Waals surface area contributed by atoms with Crippen LogP contribution >= 0.6 is 0 Å². The van der Waals surface area contributed by atoms with Gasteiger partial charge in [-0.2, -0.15) is 5.10 Å². The lowest BCUT2D eigenvalue weighted by Crippen LogP contribution is -2.10. The van der Waals surface area contributed by atoms with Crippen LogP contribution < -0.4 is 5.43 Å². The molecule has 5 heteroatoms. The van der Waals surface area contributed by atoms with Crippen LogP contribution in [0.5, 0.6) is 0 Å². The fourth-order valence-electron chi connectivity index (χ4n) is 3.40. The second kappa shape index (κ2) is 6.61. The lowest BCUT2D eigenvalue weighted by atomic mass is 9.97. The zero-order valence-corrected chi connectivity index (χ0v) is 14.6. The van der Waals surface area contributed by atoms with Crippen molar-refractivity contribution in [3.8, 4) is 11.1 Å². The molecule has 0 fully saturated rings. The summed E-state index contributed by atoms with van der Waals surface area (Å²) in [6.45, 7) is 0. The normalized spacial score (nSPS) is 16.1. The summed E-state index contributed by atoms with van der Waals surface area (Å²) in [6.07, 6.45) is 7.95. The maximum absolute atomic E-state index is 4.56. The zero-order valence-electron chi connectivity index (χ0n) is 14.6. The standard InChI is InChI=1S/C22H17N5/c1-2-18(14-23-9-1)15-3-5-16(6-4-15)20-13-21(27-26-20)17-7-8-19-22(12-17)25-11-10-24-19/h1-12,14,21,27H,13H2. The number of hydrogen-bond acceptors (Lipinski definition) is 5. The first-order valence-electron chi connectivity index (χ1n) is 8.90. The van der Waals surface area contributed by atoms with E-state index >= 15 is 0 Å². The molecule has 3 heterocycles. The van der Waals surface area contributed by atoms with Gasteiger partial charge < -0.3 is 5.43 Å². The Hall–Kier alpha value is -3.60. The smallest absolute Gasteiger partial charge is 0.0890 e. The number of hydrogen-bond donors (Lipinski definition) is 1. The molecule has 0 bridgehead atoms. The molecule has 0 saturated carbocycles. The van der Waals surface area contributed by atoms with E-state index in [0.717, 1.165) is 39.9 Å². The summed E-state index contributed by atoms with van der Waals surface area (Å²) in [7, 11) is 0. The summed E-state index contributed by atoms with van der Waals surface area (Å²) < 4.78 is 0. The fraction of sp³-hybridized carbons (Fsp3) is 0.0909. The van der Waals surface area contributed by atoms with Gasteiger partial charge >= 0.3 is 0 Å². The number of fused-ring (bicyclic) bond motifs is 1. The molecule has 2 aromatic heterocycles. The van der Waals surface area contributed by atoms with Crippen LogP contribution in [0.4, 0.5) is 0 Å². The number of nitrogens with one attached hydrogen (secondary N) is 1. The zero-order chi connectivity index (χ0) is 18.1. The van der Waals surface area contributed by atoms with Gasteiger partial charge in [-0.15, -0.1) is 0 Å². The molecule has 4 aromatic rings. The number of aromatic nitrogens is 3. The topological polar surface area (TPSA) is 63.1 Å². The molecule has 1 atom stereocenters. The molecular weight excluding hydrogens is 334 g/mol. The molecule has 1 unspecified atom stereocenters. The number of pyridine rings is 1. The van der Waals surface area contributed by atoms with Gasteiger partial charge in [0.1, 0.15) is 0 Å². The van der Waals surface area contributed by atoms with Crippen molar-refractivity contribution < 1.29 is 0 Å². The Labute approximate surface area is 156 Å². The summed E-state index contributed by atoms with van der Waals surface area (Å²) in [6, 6.07) is 18.9. The highest BCUT2D eigenvalue weighted by molar-refractivity contribution is 6.02. The van der Waals surface area contributed by atoms with Crippen LogP contribution in [0.1, 0.15) is 23.6 Å². The molecule has 27 heavy (non-hydrogen) atoms. The van der Waals surface area contributed by atoms with E-state index in [1.165, 1.54) is 5.56 Å². The Morgan fingerprint density at radius 3 is 2.41 bits per heavy atom. The predicted octanol–water partition coefficient (Wildman–Crippen LogP) is 4.13. The molecule has 0 saturated heterocycles. The second-order valence-corrected chi connectivity index (χ2v) is 6.57. The number of benzene rings is 2. The molecule has 5 rings (SSSR count). The van der Waals surface area contributed by atoms with Gasteiger partial charge in [-0.05, 0) is 40.5 Å². The van der Waals surface area contributed by atoms with Crippen molar-refractivity contribution in [3.63, 3.8) is 0 Å². The Balaban J connectivity index is 1.35. The van der Waals surface area contributed by atoms with Crippen molar-refractivity contribution in [1.29, 1.82) is 0 Å². The summed E-state index contributed by atoms with van der Waals surface area (Å²) >= 11 is 0. The third-order valence-electron chi connectivity index (χ3n) is 4.86. The molecule has 1 aliphatic heterocycles. The van der Waals surface area contributed by atoms with Gasteiger partial charge in [-0.1, -0.05) is 36.4 Å². The molecule has 0 amide bonds. The lowest BCUT2D eigenvalue weighted by molar-refractivity contribution is 0.620. The van der Waals surface area contributed by atoms with Crippen molar-refractivity contribution in [2.75, 3.05) is 0 Å². The monoisotopic (exact) mass is 351 g/mol. The SMILES string of the molecule is c1cncc(-c2ccc(C3=NNC(c4ccc5nccnc5c4)C3)cc2)c1. The van der Waals surface area contributed by atoms with E-state index < -0.39 is 0 Å². The Morgan fingerprint density at radius 1 is 0.778 bits per heavy atom. The van der Waals surface area contributed by atoms with Gasteiger partial charge in [0.15, 0.2) is 0 Å². The fourth-order valence-corrected chi connectivity index (χ4v) is 3.40. The van der Waals surface area contributed by atoms with Crippen LogP contribution in [0.15, 0.2) is 84.5 Å². The summed E-state index contributed by atoms with van der Waals surface area (Å²) in [5, 5.41) is 4.56. The minimum atomic E-state index is 0.157. The van der Waals surface area contributed by atoms with Gasteiger partial charge in [0.05, 0.1) is 22.8 Å². The van der Waals surface area contributed by atoms with Crippen molar-refractivity contribution in [1.82, 2.24) is 20.4 Å².